The van der Waals surface area contributed by atoms with Crippen LogP contribution in [0.5, 0.6) is 0 Å². The summed E-state index contributed by atoms with van der Waals surface area (Å²) in [5, 5.41) is 9.27. The van der Waals surface area contributed by atoms with Crippen LogP contribution in [0.1, 0.15) is 44.9 Å². The first kappa shape index (κ1) is 14.2. The summed E-state index contributed by atoms with van der Waals surface area (Å²) in [5.74, 6) is 0.497. The Labute approximate surface area is 110 Å². The van der Waals surface area contributed by atoms with Crippen molar-refractivity contribution in [2.75, 3.05) is 19.7 Å². The largest absolute Gasteiger partial charge is 0.395 e. The van der Waals surface area contributed by atoms with E-state index in [2.05, 4.69) is 4.72 Å². The van der Waals surface area contributed by atoms with Gasteiger partial charge in [0.05, 0.1) is 6.61 Å². The topological polar surface area (TPSA) is 69.6 Å². The van der Waals surface area contributed by atoms with Gasteiger partial charge in [0, 0.05) is 19.1 Å². The first-order valence-corrected chi connectivity index (χ1v) is 8.45. The van der Waals surface area contributed by atoms with Crippen molar-refractivity contribution in [3.8, 4) is 0 Å². The molecule has 0 aromatic rings. The van der Waals surface area contributed by atoms with E-state index in [9.17, 15) is 13.5 Å². The minimum atomic E-state index is -3.41. The average Bonchev–Trinajstić information content (AvgIpc) is 2.89. The molecule has 5 nitrogen and oxygen atoms in total. The van der Waals surface area contributed by atoms with E-state index in [0.717, 1.165) is 32.1 Å². The van der Waals surface area contributed by atoms with Gasteiger partial charge < -0.3 is 5.11 Å². The quantitative estimate of drug-likeness (QED) is 0.782. The maximum Gasteiger partial charge on any atom is 0.279 e. The van der Waals surface area contributed by atoms with Gasteiger partial charge in [-0.3, -0.25) is 0 Å². The van der Waals surface area contributed by atoms with Gasteiger partial charge in [-0.15, -0.1) is 0 Å². The van der Waals surface area contributed by atoms with Crippen molar-refractivity contribution in [3.63, 3.8) is 0 Å². The van der Waals surface area contributed by atoms with Gasteiger partial charge in [0.2, 0.25) is 0 Å². The number of aliphatic hydroxyl groups is 1. The lowest BCUT2D eigenvalue weighted by Gasteiger charge is -2.33. The zero-order valence-electron chi connectivity index (χ0n) is 10.8. The van der Waals surface area contributed by atoms with E-state index >= 15 is 0 Å². The van der Waals surface area contributed by atoms with Gasteiger partial charge in [-0.2, -0.15) is 12.7 Å². The first-order valence-electron chi connectivity index (χ1n) is 7.01. The minimum Gasteiger partial charge on any atom is -0.395 e. The summed E-state index contributed by atoms with van der Waals surface area (Å²) in [4.78, 5) is 0. The van der Waals surface area contributed by atoms with Gasteiger partial charge in [-0.1, -0.05) is 19.3 Å². The Bertz CT molecular complexity index is 352. The Morgan fingerprint density at radius 2 is 1.78 bits per heavy atom. The third-order valence-electron chi connectivity index (χ3n) is 4.12. The summed E-state index contributed by atoms with van der Waals surface area (Å²) >= 11 is 0. The fourth-order valence-electron chi connectivity index (χ4n) is 2.99. The molecule has 1 aliphatic heterocycles. The maximum absolute atomic E-state index is 12.2. The highest BCUT2D eigenvalue weighted by molar-refractivity contribution is 7.87. The lowest BCUT2D eigenvalue weighted by atomic mass is 10.1. The molecule has 106 valence electrons. The van der Waals surface area contributed by atoms with Crippen molar-refractivity contribution < 1.29 is 13.5 Å². The van der Waals surface area contributed by atoms with Crippen molar-refractivity contribution in [2.45, 2.75) is 51.0 Å². The molecule has 1 heterocycles. The maximum atomic E-state index is 12.2. The van der Waals surface area contributed by atoms with Crippen LogP contribution in [-0.2, 0) is 10.2 Å². The monoisotopic (exact) mass is 276 g/mol. The molecule has 0 bridgehead atoms. The molecule has 18 heavy (non-hydrogen) atoms. The number of rotatable bonds is 5. The van der Waals surface area contributed by atoms with Crippen molar-refractivity contribution >= 4 is 10.2 Å². The average molecular weight is 276 g/mol. The second-order valence-corrected chi connectivity index (χ2v) is 7.15. The van der Waals surface area contributed by atoms with Crippen LogP contribution >= 0.6 is 0 Å². The van der Waals surface area contributed by atoms with Gasteiger partial charge >= 0.3 is 0 Å². The molecular formula is C12H24N2O3S. The molecule has 1 saturated heterocycles. The molecule has 0 amide bonds. The van der Waals surface area contributed by atoms with Crippen LogP contribution in [-0.4, -0.2) is 43.6 Å². The van der Waals surface area contributed by atoms with Gasteiger partial charge in [0.25, 0.3) is 10.2 Å². The SMILES string of the molecule is O=S(=O)(NCC1CCCC1)N1CCCCC1CO. The molecule has 1 atom stereocenters. The lowest BCUT2D eigenvalue weighted by Crippen LogP contribution is -2.51. The predicted octanol–water partition coefficient (Wildman–Crippen LogP) is 0.858. The molecule has 0 spiro atoms. The molecule has 0 radical (unpaired) electrons. The highest BCUT2D eigenvalue weighted by atomic mass is 32.2. The minimum absolute atomic E-state index is 0.0790. The molecule has 1 aliphatic carbocycles. The van der Waals surface area contributed by atoms with E-state index in [0.29, 0.717) is 19.0 Å². The number of aliphatic hydroxyl groups excluding tert-OH is 1. The van der Waals surface area contributed by atoms with E-state index in [1.807, 2.05) is 0 Å². The second-order valence-electron chi connectivity index (χ2n) is 5.45. The van der Waals surface area contributed by atoms with Gasteiger partial charge in [-0.25, -0.2) is 4.72 Å². The highest BCUT2D eigenvalue weighted by Gasteiger charge is 2.32. The zero-order valence-corrected chi connectivity index (χ0v) is 11.7. The Morgan fingerprint density at radius 1 is 1.11 bits per heavy atom. The van der Waals surface area contributed by atoms with Crippen molar-refractivity contribution in [1.29, 1.82) is 0 Å². The Kier molecular flexibility index (Phi) is 5.00. The number of hydrogen-bond donors (Lipinski definition) is 2. The summed E-state index contributed by atoms with van der Waals surface area (Å²) in [5.41, 5.74) is 0. The molecule has 2 rings (SSSR count). The molecule has 2 aliphatic rings. The molecule has 1 saturated carbocycles. The molecule has 0 aromatic carbocycles. The zero-order chi connectivity index (χ0) is 13.0. The van der Waals surface area contributed by atoms with E-state index < -0.39 is 10.2 Å². The number of piperidine rings is 1. The van der Waals surface area contributed by atoms with Crippen LogP contribution in [0.2, 0.25) is 0 Å². The van der Waals surface area contributed by atoms with Gasteiger partial charge in [0.1, 0.15) is 0 Å². The summed E-state index contributed by atoms with van der Waals surface area (Å²) in [6.45, 7) is 1.01. The van der Waals surface area contributed by atoms with Crippen LogP contribution in [0.15, 0.2) is 0 Å². The fraction of sp³-hybridized carbons (Fsp3) is 1.00. The summed E-state index contributed by atoms with van der Waals surface area (Å²) < 4.78 is 28.6. The molecule has 2 fully saturated rings. The number of nitrogens with zero attached hydrogens (tertiary/aromatic N) is 1. The van der Waals surface area contributed by atoms with E-state index in [1.165, 1.54) is 17.1 Å². The Balaban J connectivity index is 1.91. The number of nitrogens with one attached hydrogen (secondary N) is 1. The molecule has 1 unspecified atom stereocenters. The van der Waals surface area contributed by atoms with E-state index in [4.69, 9.17) is 0 Å². The van der Waals surface area contributed by atoms with Crippen LogP contribution in [0.25, 0.3) is 0 Å². The summed E-state index contributed by atoms with van der Waals surface area (Å²) in [6.07, 6.45) is 7.35. The first-order chi connectivity index (χ1) is 8.63. The normalized spacial score (nSPS) is 27.7. The van der Waals surface area contributed by atoms with E-state index in [1.54, 1.807) is 0 Å². The van der Waals surface area contributed by atoms with E-state index in [-0.39, 0.29) is 12.6 Å². The number of hydrogen-bond acceptors (Lipinski definition) is 3. The van der Waals surface area contributed by atoms with Crippen LogP contribution in [0.3, 0.4) is 0 Å². The lowest BCUT2D eigenvalue weighted by molar-refractivity contribution is 0.153. The molecule has 0 aromatic heterocycles. The summed E-state index contributed by atoms with van der Waals surface area (Å²) in [7, 11) is -3.41. The smallest absolute Gasteiger partial charge is 0.279 e. The summed E-state index contributed by atoms with van der Waals surface area (Å²) in [6, 6.07) is -0.236. The predicted molar refractivity (Wildman–Crippen MR) is 70.3 cm³/mol. The third-order valence-corrected chi connectivity index (χ3v) is 5.75. The van der Waals surface area contributed by atoms with Crippen LogP contribution in [0.4, 0.5) is 0 Å². The van der Waals surface area contributed by atoms with Gasteiger partial charge in [-0.05, 0) is 31.6 Å². The van der Waals surface area contributed by atoms with Crippen molar-refractivity contribution in [1.82, 2.24) is 9.03 Å². The fourth-order valence-corrected chi connectivity index (χ4v) is 4.54. The van der Waals surface area contributed by atoms with Gasteiger partial charge in [0.15, 0.2) is 0 Å². The van der Waals surface area contributed by atoms with Crippen LogP contribution < -0.4 is 4.72 Å². The standard InChI is InChI=1S/C12H24N2O3S/c15-10-12-7-3-4-8-14(12)18(16,17)13-9-11-5-1-2-6-11/h11-13,15H,1-10H2. The second kappa shape index (κ2) is 6.32. The third kappa shape index (κ3) is 3.44. The van der Waals surface area contributed by atoms with Crippen LogP contribution in [0, 0.1) is 5.92 Å². The molecule has 6 heteroatoms. The highest BCUT2D eigenvalue weighted by Crippen LogP contribution is 2.25. The van der Waals surface area contributed by atoms with Crippen molar-refractivity contribution in [2.24, 2.45) is 5.92 Å². The molecular weight excluding hydrogens is 252 g/mol. The van der Waals surface area contributed by atoms with Crippen molar-refractivity contribution in [3.05, 3.63) is 0 Å². The molecule has 2 N–H and O–H groups in total. The Hall–Kier alpha value is -0.170. The Morgan fingerprint density at radius 3 is 2.44 bits per heavy atom.